The largest absolute Gasteiger partial charge is 0.330 e. The Hall–Kier alpha value is -1.03. The Morgan fingerprint density at radius 1 is 1.12 bits per heavy atom. The number of hydrogen-bond donors (Lipinski definition) is 1. The maximum absolute atomic E-state index is 5.54. The van der Waals surface area contributed by atoms with Gasteiger partial charge in [0.1, 0.15) is 17.5 Å². The van der Waals surface area contributed by atoms with Crippen LogP contribution in [0.5, 0.6) is 0 Å². The SMILES string of the molecule is Cc1nc(CCN)nc(C2CCCCC2)n1. The van der Waals surface area contributed by atoms with Crippen molar-refractivity contribution in [3.05, 3.63) is 17.5 Å². The maximum Gasteiger partial charge on any atom is 0.135 e. The van der Waals surface area contributed by atoms with Gasteiger partial charge in [-0.05, 0) is 26.3 Å². The second-order valence-electron chi connectivity index (χ2n) is 4.53. The minimum Gasteiger partial charge on any atom is -0.330 e. The molecule has 1 aromatic heterocycles. The van der Waals surface area contributed by atoms with Crippen LogP contribution in [-0.4, -0.2) is 21.5 Å². The summed E-state index contributed by atoms with van der Waals surface area (Å²) < 4.78 is 0. The van der Waals surface area contributed by atoms with Crippen molar-refractivity contribution in [1.29, 1.82) is 0 Å². The molecule has 0 bridgehead atoms. The quantitative estimate of drug-likeness (QED) is 0.842. The maximum atomic E-state index is 5.54. The smallest absolute Gasteiger partial charge is 0.135 e. The van der Waals surface area contributed by atoms with Crippen LogP contribution < -0.4 is 5.73 Å². The molecule has 1 fully saturated rings. The Bertz CT molecular complexity index is 345. The van der Waals surface area contributed by atoms with Gasteiger partial charge in [0.05, 0.1) is 0 Å². The number of hydrogen-bond acceptors (Lipinski definition) is 4. The van der Waals surface area contributed by atoms with E-state index in [4.69, 9.17) is 5.73 Å². The molecule has 1 saturated carbocycles. The van der Waals surface area contributed by atoms with Crippen LogP contribution in [0, 0.1) is 6.92 Å². The first-order chi connectivity index (χ1) is 7.79. The lowest BCUT2D eigenvalue weighted by Gasteiger charge is -2.20. The van der Waals surface area contributed by atoms with Crippen LogP contribution in [0.2, 0.25) is 0 Å². The van der Waals surface area contributed by atoms with E-state index in [1.54, 1.807) is 0 Å². The molecule has 4 nitrogen and oxygen atoms in total. The molecule has 0 spiro atoms. The lowest BCUT2D eigenvalue weighted by atomic mass is 9.89. The van der Waals surface area contributed by atoms with Crippen molar-refractivity contribution in [1.82, 2.24) is 15.0 Å². The van der Waals surface area contributed by atoms with Crippen LogP contribution >= 0.6 is 0 Å². The summed E-state index contributed by atoms with van der Waals surface area (Å²) in [7, 11) is 0. The Balaban J connectivity index is 2.18. The van der Waals surface area contributed by atoms with Crippen LogP contribution in [0.1, 0.15) is 55.5 Å². The Morgan fingerprint density at radius 3 is 2.56 bits per heavy atom. The summed E-state index contributed by atoms with van der Waals surface area (Å²) in [4.78, 5) is 13.3. The van der Waals surface area contributed by atoms with Crippen LogP contribution in [0.3, 0.4) is 0 Å². The van der Waals surface area contributed by atoms with Gasteiger partial charge in [-0.1, -0.05) is 19.3 Å². The number of aromatic nitrogens is 3. The van der Waals surface area contributed by atoms with Crippen molar-refractivity contribution < 1.29 is 0 Å². The summed E-state index contributed by atoms with van der Waals surface area (Å²) in [6.07, 6.45) is 7.18. The molecule has 2 rings (SSSR count). The number of rotatable bonds is 3. The normalized spacial score (nSPS) is 17.6. The van der Waals surface area contributed by atoms with Crippen molar-refractivity contribution in [3.8, 4) is 0 Å². The molecule has 16 heavy (non-hydrogen) atoms. The van der Waals surface area contributed by atoms with Crippen LogP contribution in [-0.2, 0) is 6.42 Å². The van der Waals surface area contributed by atoms with E-state index in [0.29, 0.717) is 12.5 Å². The fraction of sp³-hybridized carbons (Fsp3) is 0.750. The van der Waals surface area contributed by atoms with Gasteiger partial charge in [0.15, 0.2) is 0 Å². The molecule has 0 atom stereocenters. The lowest BCUT2D eigenvalue weighted by Crippen LogP contribution is -2.14. The number of nitrogens with zero attached hydrogens (tertiary/aromatic N) is 3. The first-order valence-electron chi connectivity index (χ1n) is 6.21. The third-order valence-corrected chi connectivity index (χ3v) is 3.15. The number of nitrogens with two attached hydrogens (primary N) is 1. The third kappa shape index (κ3) is 2.76. The highest BCUT2D eigenvalue weighted by Gasteiger charge is 2.19. The Kier molecular flexibility index (Phi) is 3.83. The van der Waals surface area contributed by atoms with E-state index in [1.807, 2.05) is 6.92 Å². The molecule has 1 aromatic rings. The molecule has 0 amide bonds. The Labute approximate surface area is 96.7 Å². The highest BCUT2D eigenvalue weighted by molar-refractivity contribution is 5.03. The predicted molar refractivity (Wildman–Crippen MR) is 63.1 cm³/mol. The topological polar surface area (TPSA) is 64.7 Å². The van der Waals surface area contributed by atoms with Crippen molar-refractivity contribution in [2.45, 2.75) is 51.4 Å². The standard InChI is InChI=1S/C12H20N4/c1-9-14-11(7-8-13)16-12(15-9)10-5-3-2-4-6-10/h10H,2-8,13H2,1H3. The molecular formula is C12H20N4. The average molecular weight is 220 g/mol. The summed E-state index contributed by atoms with van der Waals surface area (Å²) in [5, 5.41) is 0. The van der Waals surface area contributed by atoms with Gasteiger partial charge in [-0.15, -0.1) is 0 Å². The number of aryl methyl sites for hydroxylation is 1. The minimum atomic E-state index is 0.548. The van der Waals surface area contributed by atoms with Crippen molar-refractivity contribution in [3.63, 3.8) is 0 Å². The zero-order valence-electron chi connectivity index (χ0n) is 9.95. The summed E-state index contributed by atoms with van der Waals surface area (Å²) in [6, 6.07) is 0. The molecule has 1 aliphatic rings. The zero-order chi connectivity index (χ0) is 11.4. The van der Waals surface area contributed by atoms with Crippen molar-refractivity contribution in [2.75, 3.05) is 6.54 Å². The monoisotopic (exact) mass is 220 g/mol. The zero-order valence-corrected chi connectivity index (χ0v) is 9.95. The van der Waals surface area contributed by atoms with E-state index in [0.717, 1.165) is 23.9 Å². The summed E-state index contributed by atoms with van der Waals surface area (Å²) >= 11 is 0. The predicted octanol–water partition coefficient (Wildman–Crippen LogP) is 1.73. The third-order valence-electron chi connectivity index (χ3n) is 3.15. The molecular weight excluding hydrogens is 200 g/mol. The molecule has 1 aliphatic carbocycles. The van der Waals surface area contributed by atoms with Crippen LogP contribution in [0.25, 0.3) is 0 Å². The van der Waals surface area contributed by atoms with E-state index in [9.17, 15) is 0 Å². The minimum absolute atomic E-state index is 0.548. The highest BCUT2D eigenvalue weighted by atomic mass is 15.0. The molecule has 4 heteroatoms. The van der Waals surface area contributed by atoms with Gasteiger partial charge in [-0.3, -0.25) is 0 Å². The second-order valence-corrected chi connectivity index (χ2v) is 4.53. The van der Waals surface area contributed by atoms with Crippen molar-refractivity contribution >= 4 is 0 Å². The molecule has 0 saturated heterocycles. The first kappa shape index (κ1) is 11.5. The van der Waals surface area contributed by atoms with Crippen LogP contribution in [0.4, 0.5) is 0 Å². The lowest BCUT2D eigenvalue weighted by molar-refractivity contribution is 0.425. The van der Waals surface area contributed by atoms with Gasteiger partial charge in [0, 0.05) is 12.3 Å². The van der Waals surface area contributed by atoms with Gasteiger partial charge >= 0.3 is 0 Å². The van der Waals surface area contributed by atoms with E-state index in [2.05, 4.69) is 15.0 Å². The molecule has 0 aromatic carbocycles. The molecule has 0 radical (unpaired) electrons. The van der Waals surface area contributed by atoms with Gasteiger partial charge in [0.25, 0.3) is 0 Å². The van der Waals surface area contributed by atoms with E-state index < -0.39 is 0 Å². The molecule has 88 valence electrons. The highest BCUT2D eigenvalue weighted by Crippen LogP contribution is 2.30. The summed E-state index contributed by atoms with van der Waals surface area (Å²) in [6.45, 7) is 2.54. The van der Waals surface area contributed by atoms with Gasteiger partial charge in [-0.2, -0.15) is 0 Å². The van der Waals surface area contributed by atoms with E-state index in [-0.39, 0.29) is 0 Å². The molecule has 0 aliphatic heterocycles. The van der Waals surface area contributed by atoms with Gasteiger partial charge in [-0.25, -0.2) is 15.0 Å². The summed E-state index contributed by atoms with van der Waals surface area (Å²) in [5.74, 6) is 3.23. The van der Waals surface area contributed by atoms with E-state index in [1.165, 1.54) is 32.1 Å². The van der Waals surface area contributed by atoms with Gasteiger partial charge in [0.2, 0.25) is 0 Å². The summed E-state index contributed by atoms with van der Waals surface area (Å²) in [5.41, 5.74) is 5.54. The molecule has 1 heterocycles. The van der Waals surface area contributed by atoms with E-state index >= 15 is 0 Å². The van der Waals surface area contributed by atoms with Gasteiger partial charge < -0.3 is 5.73 Å². The first-order valence-corrected chi connectivity index (χ1v) is 6.21. The average Bonchev–Trinajstić information content (AvgIpc) is 2.30. The van der Waals surface area contributed by atoms with Crippen molar-refractivity contribution in [2.24, 2.45) is 5.73 Å². The fourth-order valence-corrected chi connectivity index (χ4v) is 2.34. The molecule has 2 N–H and O–H groups in total. The van der Waals surface area contributed by atoms with Crippen LogP contribution in [0.15, 0.2) is 0 Å². The fourth-order valence-electron chi connectivity index (χ4n) is 2.34. The Morgan fingerprint density at radius 2 is 1.88 bits per heavy atom. The second kappa shape index (κ2) is 5.34. The molecule has 0 unspecified atom stereocenters.